The van der Waals surface area contributed by atoms with E-state index in [0.717, 1.165) is 5.69 Å². The van der Waals surface area contributed by atoms with E-state index in [-0.39, 0.29) is 17.4 Å². The fraction of sp³-hybridized carbons (Fsp3) is 0. The number of para-hydroxylation sites is 1. The number of amidine groups is 1. The number of nitrogens with zero attached hydrogens (tertiary/aromatic N) is 1. The van der Waals surface area contributed by atoms with Crippen molar-refractivity contribution >= 4 is 34.6 Å². The maximum Gasteiger partial charge on any atom is 0.264 e. The Labute approximate surface area is 131 Å². The van der Waals surface area contributed by atoms with Crippen molar-refractivity contribution in [2.24, 2.45) is 4.99 Å². The second-order valence-corrected chi connectivity index (χ2v) is 5.60. The Kier molecular flexibility index (Phi) is 3.84. The van der Waals surface area contributed by atoms with Gasteiger partial charge in [0.25, 0.3) is 5.91 Å². The molecule has 0 aliphatic carbocycles. The molecule has 6 heteroatoms. The number of carbonyl (C=O) groups excluding carboxylic acids is 1. The highest BCUT2D eigenvalue weighted by Gasteiger charge is 2.23. The zero-order valence-corrected chi connectivity index (χ0v) is 12.2. The maximum atomic E-state index is 11.9. The largest absolute Gasteiger partial charge is 0.504 e. The molecule has 110 valence electrons. The van der Waals surface area contributed by atoms with Crippen LogP contribution in [0.2, 0.25) is 0 Å². The summed E-state index contributed by atoms with van der Waals surface area (Å²) < 4.78 is 0. The van der Waals surface area contributed by atoms with Gasteiger partial charge in [0.2, 0.25) is 0 Å². The molecule has 22 heavy (non-hydrogen) atoms. The van der Waals surface area contributed by atoms with Gasteiger partial charge in [-0.3, -0.25) is 4.79 Å². The van der Waals surface area contributed by atoms with Gasteiger partial charge in [0.15, 0.2) is 16.7 Å². The van der Waals surface area contributed by atoms with Gasteiger partial charge in [-0.15, -0.1) is 0 Å². The number of hydrogen-bond donors (Lipinski definition) is 3. The minimum absolute atomic E-state index is 0.197. The van der Waals surface area contributed by atoms with Crippen LogP contribution in [-0.2, 0) is 4.79 Å². The third kappa shape index (κ3) is 3.12. The zero-order valence-electron chi connectivity index (χ0n) is 11.4. The van der Waals surface area contributed by atoms with Crippen LogP contribution in [0.3, 0.4) is 0 Å². The molecule has 1 fully saturated rings. The first-order chi connectivity index (χ1) is 10.6. The van der Waals surface area contributed by atoms with Gasteiger partial charge < -0.3 is 15.5 Å². The lowest BCUT2D eigenvalue weighted by Crippen LogP contribution is -2.19. The van der Waals surface area contributed by atoms with Crippen LogP contribution in [0.15, 0.2) is 58.4 Å². The Bertz CT molecular complexity index is 785. The van der Waals surface area contributed by atoms with Crippen molar-refractivity contribution in [3.05, 3.63) is 59.0 Å². The highest BCUT2D eigenvalue weighted by atomic mass is 32.2. The molecule has 0 spiro atoms. The lowest BCUT2D eigenvalue weighted by Gasteiger charge is -1.99. The second-order valence-electron chi connectivity index (χ2n) is 4.57. The molecular formula is C16H12N2O3S. The van der Waals surface area contributed by atoms with Crippen LogP contribution >= 0.6 is 11.8 Å². The lowest BCUT2D eigenvalue weighted by molar-refractivity contribution is -0.115. The van der Waals surface area contributed by atoms with Gasteiger partial charge in [0.05, 0.1) is 10.6 Å². The third-order valence-corrected chi connectivity index (χ3v) is 3.84. The molecule has 0 atom stereocenters. The number of aromatic hydroxyl groups is 2. The summed E-state index contributed by atoms with van der Waals surface area (Å²) in [5.41, 5.74) is 1.38. The summed E-state index contributed by atoms with van der Waals surface area (Å²) in [6, 6.07) is 13.7. The molecule has 1 saturated heterocycles. The first-order valence-electron chi connectivity index (χ1n) is 6.48. The molecule has 0 bridgehead atoms. The molecule has 1 heterocycles. The number of rotatable bonds is 2. The van der Waals surface area contributed by atoms with Crippen LogP contribution in [0.4, 0.5) is 5.69 Å². The number of nitrogens with one attached hydrogen (secondary N) is 1. The first-order valence-corrected chi connectivity index (χ1v) is 7.30. The molecular weight excluding hydrogens is 300 g/mol. The fourth-order valence-electron chi connectivity index (χ4n) is 1.88. The molecule has 2 aromatic carbocycles. The van der Waals surface area contributed by atoms with E-state index < -0.39 is 0 Å². The van der Waals surface area contributed by atoms with Crippen molar-refractivity contribution in [1.82, 2.24) is 5.32 Å². The minimum atomic E-state index is -0.243. The highest BCUT2D eigenvalue weighted by Crippen LogP contribution is 2.30. The zero-order chi connectivity index (χ0) is 15.5. The Morgan fingerprint density at radius 3 is 2.55 bits per heavy atom. The number of phenolic OH excluding ortho intramolecular Hbond substituents is 2. The van der Waals surface area contributed by atoms with E-state index in [1.54, 1.807) is 12.1 Å². The number of hydrogen-bond acceptors (Lipinski definition) is 5. The Morgan fingerprint density at radius 1 is 1.05 bits per heavy atom. The minimum Gasteiger partial charge on any atom is -0.504 e. The summed E-state index contributed by atoms with van der Waals surface area (Å²) in [6.07, 6.45) is 1.63. The molecule has 5 nitrogen and oxygen atoms in total. The summed E-state index contributed by atoms with van der Waals surface area (Å²) in [4.78, 5) is 16.8. The van der Waals surface area contributed by atoms with Gasteiger partial charge in [0, 0.05) is 0 Å². The van der Waals surface area contributed by atoms with Crippen LogP contribution < -0.4 is 5.32 Å². The van der Waals surface area contributed by atoms with Crippen molar-refractivity contribution in [1.29, 1.82) is 0 Å². The summed E-state index contributed by atoms with van der Waals surface area (Å²) in [5, 5.41) is 22.0. The normalized spacial score (nSPS) is 17.9. The average molecular weight is 312 g/mol. The molecule has 0 radical (unpaired) electrons. The predicted molar refractivity (Wildman–Crippen MR) is 87.0 cm³/mol. The van der Waals surface area contributed by atoms with Crippen LogP contribution in [0, 0.1) is 0 Å². The van der Waals surface area contributed by atoms with Crippen molar-refractivity contribution in [3.63, 3.8) is 0 Å². The lowest BCUT2D eigenvalue weighted by atomic mass is 10.2. The van der Waals surface area contributed by atoms with E-state index in [1.807, 2.05) is 30.3 Å². The van der Waals surface area contributed by atoms with Crippen LogP contribution in [-0.4, -0.2) is 21.3 Å². The second kappa shape index (κ2) is 5.95. The summed E-state index contributed by atoms with van der Waals surface area (Å²) >= 11 is 1.22. The van der Waals surface area contributed by atoms with Crippen molar-refractivity contribution in [3.8, 4) is 11.5 Å². The number of carbonyl (C=O) groups is 1. The number of phenols is 2. The summed E-state index contributed by atoms with van der Waals surface area (Å²) in [6.45, 7) is 0. The van der Waals surface area contributed by atoms with E-state index in [9.17, 15) is 15.0 Å². The van der Waals surface area contributed by atoms with Crippen LogP contribution in [0.25, 0.3) is 6.08 Å². The molecule has 0 unspecified atom stereocenters. The van der Waals surface area contributed by atoms with E-state index in [1.165, 1.54) is 23.9 Å². The van der Waals surface area contributed by atoms with Crippen LogP contribution in [0.1, 0.15) is 5.56 Å². The van der Waals surface area contributed by atoms with Crippen molar-refractivity contribution in [2.45, 2.75) is 0 Å². The third-order valence-electron chi connectivity index (χ3n) is 2.93. The van der Waals surface area contributed by atoms with E-state index >= 15 is 0 Å². The quantitative estimate of drug-likeness (QED) is 0.588. The molecule has 1 aliphatic heterocycles. The molecule has 1 amide bonds. The van der Waals surface area contributed by atoms with E-state index in [4.69, 9.17) is 0 Å². The topological polar surface area (TPSA) is 81.9 Å². The van der Waals surface area contributed by atoms with Gasteiger partial charge in [-0.1, -0.05) is 24.3 Å². The Morgan fingerprint density at radius 2 is 1.82 bits per heavy atom. The monoisotopic (exact) mass is 312 g/mol. The van der Waals surface area contributed by atoms with Crippen molar-refractivity contribution in [2.75, 3.05) is 0 Å². The standard InChI is InChI=1S/C16H12N2O3S/c19-12-7-6-10(8-13(12)20)9-14-15(21)18-16(22-14)17-11-4-2-1-3-5-11/h1-9,19-20H,(H,17,18,21). The van der Waals surface area contributed by atoms with Gasteiger partial charge in [0.1, 0.15) is 0 Å². The van der Waals surface area contributed by atoms with Gasteiger partial charge in [-0.05, 0) is 47.7 Å². The molecule has 2 aromatic rings. The number of amides is 1. The van der Waals surface area contributed by atoms with Crippen molar-refractivity contribution < 1.29 is 15.0 Å². The van der Waals surface area contributed by atoms with E-state index in [2.05, 4.69) is 10.3 Å². The smallest absolute Gasteiger partial charge is 0.264 e. The molecule has 3 N–H and O–H groups in total. The Hall–Kier alpha value is -2.73. The first kappa shape index (κ1) is 14.2. The fourth-order valence-corrected chi connectivity index (χ4v) is 2.72. The molecule has 1 aliphatic rings. The number of aliphatic imine (C=N–C) groups is 1. The van der Waals surface area contributed by atoms with E-state index in [0.29, 0.717) is 15.6 Å². The molecule has 3 rings (SSSR count). The summed E-state index contributed by atoms with van der Waals surface area (Å²) in [7, 11) is 0. The maximum absolute atomic E-state index is 11.9. The average Bonchev–Trinajstić information content (AvgIpc) is 2.84. The number of thioether (sulfide) groups is 1. The predicted octanol–water partition coefficient (Wildman–Crippen LogP) is 2.99. The van der Waals surface area contributed by atoms with Crippen LogP contribution in [0.5, 0.6) is 11.5 Å². The SMILES string of the molecule is O=C1NC(=Nc2ccccc2)SC1=Cc1ccc(O)c(O)c1. The highest BCUT2D eigenvalue weighted by molar-refractivity contribution is 8.18. The number of benzene rings is 2. The van der Waals surface area contributed by atoms with Gasteiger partial charge in [-0.25, -0.2) is 4.99 Å². The summed E-state index contributed by atoms with van der Waals surface area (Å²) in [5.74, 6) is -0.666. The Balaban J connectivity index is 1.84. The molecule has 0 saturated carbocycles. The van der Waals surface area contributed by atoms with Gasteiger partial charge >= 0.3 is 0 Å². The van der Waals surface area contributed by atoms with Gasteiger partial charge in [-0.2, -0.15) is 0 Å². The molecule has 0 aromatic heterocycles.